The number of aromatic nitrogens is 8. The smallest absolute Gasteiger partial charge is 0.243 e. The maximum absolute atomic E-state index is 14.5. The topological polar surface area (TPSA) is 135 Å². The maximum atomic E-state index is 14.5. The molecule has 0 aliphatic carbocycles. The molecule has 12 nitrogen and oxygen atoms in total. The van der Waals surface area contributed by atoms with Crippen molar-refractivity contribution in [1.29, 1.82) is 0 Å². The van der Waals surface area contributed by atoms with E-state index in [1.54, 1.807) is 58.3 Å². The number of hydrogen-bond donors (Lipinski definition) is 1. The number of ether oxygens (including phenoxy) is 1. The minimum Gasteiger partial charge on any atom is -0.503 e. The molecule has 8 aromatic rings. The molecule has 0 amide bonds. The van der Waals surface area contributed by atoms with Crippen molar-refractivity contribution in [3.05, 3.63) is 188 Å². The highest BCUT2D eigenvalue weighted by Crippen LogP contribution is 2.47. The van der Waals surface area contributed by atoms with E-state index < -0.39 is 46.3 Å². The van der Waals surface area contributed by atoms with Gasteiger partial charge in [-0.2, -0.15) is 10.2 Å². The standard InChI is InChI=1S/C45H33ClF2N8O4S/c1-61-31-19-27(38(25-6-10-28(47)11-7-25)34-23-53-16-14-49-44(53)40-42(59)36(57)21-51-55(34)40)18-30(20-31)60-43-37(58)22-52-56-35(24-54-17-15-50-45(54)41(43)56)39(26-8-12-29(48)13-9-26)32-4-2-3-5-33(32)46/h2-22,34-35,38-39,59H,23-24H2,1H3/t34-,35-,38+,39+/m1/s1. The molecule has 0 saturated carbocycles. The first kappa shape index (κ1) is 38.4. The van der Waals surface area contributed by atoms with Gasteiger partial charge in [0.05, 0.1) is 24.5 Å². The first-order valence-electron chi connectivity index (χ1n) is 19.2. The Morgan fingerprint density at radius 1 is 0.738 bits per heavy atom. The van der Waals surface area contributed by atoms with Crippen LogP contribution in [0.25, 0.3) is 23.0 Å². The number of benzene rings is 4. The molecule has 4 atom stereocenters. The summed E-state index contributed by atoms with van der Waals surface area (Å²) in [5, 5.41) is 20.8. The number of thioether (sulfide) groups is 1. The van der Waals surface area contributed by atoms with E-state index in [4.69, 9.17) is 21.4 Å². The van der Waals surface area contributed by atoms with E-state index in [0.717, 1.165) is 33.3 Å². The van der Waals surface area contributed by atoms with Gasteiger partial charge in [-0.1, -0.05) is 54.1 Å². The van der Waals surface area contributed by atoms with E-state index >= 15 is 0 Å². The Labute approximate surface area is 355 Å². The van der Waals surface area contributed by atoms with E-state index in [9.17, 15) is 23.5 Å². The zero-order valence-electron chi connectivity index (χ0n) is 32.1. The first-order valence-corrected chi connectivity index (χ1v) is 20.8. The zero-order chi connectivity index (χ0) is 41.9. The highest BCUT2D eigenvalue weighted by Gasteiger charge is 2.39. The van der Waals surface area contributed by atoms with Crippen molar-refractivity contribution in [2.75, 3.05) is 6.26 Å². The van der Waals surface area contributed by atoms with Crippen LogP contribution in [0, 0.1) is 11.6 Å². The third-order valence-corrected chi connectivity index (χ3v) is 12.4. The molecule has 4 aromatic heterocycles. The molecule has 0 fully saturated rings. The summed E-state index contributed by atoms with van der Waals surface area (Å²) < 4.78 is 42.7. The Morgan fingerprint density at radius 3 is 1.95 bits per heavy atom. The maximum Gasteiger partial charge on any atom is 0.243 e. The van der Waals surface area contributed by atoms with Crippen LogP contribution in [0.2, 0.25) is 5.02 Å². The molecule has 4 aromatic carbocycles. The van der Waals surface area contributed by atoms with Crippen molar-refractivity contribution in [3.63, 3.8) is 0 Å². The van der Waals surface area contributed by atoms with Crippen molar-refractivity contribution in [3.8, 4) is 40.3 Å². The van der Waals surface area contributed by atoms with Gasteiger partial charge in [0.2, 0.25) is 16.6 Å². The quantitative estimate of drug-likeness (QED) is 0.142. The minimum absolute atomic E-state index is 0.0123. The van der Waals surface area contributed by atoms with Crippen LogP contribution >= 0.6 is 23.4 Å². The second-order valence-electron chi connectivity index (χ2n) is 14.8. The van der Waals surface area contributed by atoms with Gasteiger partial charge in [-0.15, -0.1) is 11.8 Å². The summed E-state index contributed by atoms with van der Waals surface area (Å²) in [5.74, 6) is -1.10. The summed E-state index contributed by atoms with van der Waals surface area (Å²) >= 11 is 8.34. The van der Waals surface area contributed by atoms with Crippen LogP contribution < -0.4 is 15.6 Å². The molecule has 61 heavy (non-hydrogen) atoms. The molecule has 0 spiro atoms. The van der Waals surface area contributed by atoms with Crippen LogP contribution in [0.15, 0.2) is 143 Å². The average molecular weight is 855 g/mol. The monoisotopic (exact) mass is 854 g/mol. The first-order chi connectivity index (χ1) is 29.7. The number of imidazole rings is 2. The molecular formula is C45H33ClF2N8O4S. The molecule has 2 aliphatic rings. The van der Waals surface area contributed by atoms with Crippen LogP contribution in [0.5, 0.6) is 17.2 Å². The molecule has 304 valence electrons. The molecule has 0 saturated heterocycles. The Morgan fingerprint density at radius 2 is 1.31 bits per heavy atom. The van der Waals surface area contributed by atoms with Gasteiger partial charge < -0.3 is 19.0 Å². The molecule has 1 N–H and O–H groups in total. The van der Waals surface area contributed by atoms with Crippen molar-refractivity contribution in [2.45, 2.75) is 41.9 Å². The summed E-state index contributed by atoms with van der Waals surface area (Å²) in [4.78, 5) is 36.7. The predicted molar refractivity (Wildman–Crippen MR) is 225 cm³/mol. The number of aromatic hydroxyl groups is 1. The number of halogens is 3. The lowest BCUT2D eigenvalue weighted by molar-refractivity contribution is 0.329. The third-order valence-electron chi connectivity index (χ3n) is 11.4. The highest BCUT2D eigenvalue weighted by molar-refractivity contribution is 7.98. The summed E-state index contributed by atoms with van der Waals surface area (Å²) in [6.45, 7) is 0.732. The third kappa shape index (κ3) is 6.70. The van der Waals surface area contributed by atoms with Gasteiger partial charge in [0.1, 0.15) is 28.8 Å². The lowest BCUT2D eigenvalue weighted by Gasteiger charge is -2.35. The lowest BCUT2D eigenvalue weighted by atomic mass is 9.84. The molecular weight excluding hydrogens is 822 g/mol. The Balaban J connectivity index is 1.13. The fourth-order valence-corrected chi connectivity index (χ4v) is 9.45. The Bertz CT molecular complexity index is 3100. The van der Waals surface area contributed by atoms with Gasteiger partial charge in [-0.05, 0) is 77.0 Å². The van der Waals surface area contributed by atoms with E-state index in [2.05, 4.69) is 15.1 Å². The fraction of sp³-hybridized carbons (Fsp3) is 0.156. The average Bonchev–Trinajstić information content (AvgIpc) is 3.95. The zero-order valence-corrected chi connectivity index (χ0v) is 33.7. The summed E-state index contributed by atoms with van der Waals surface area (Å²) in [6.07, 6.45) is 11.0. The lowest BCUT2D eigenvalue weighted by Crippen LogP contribution is -2.33. The molecule has 10 rings (SSSR count). The number of hydrogen-bond acceptors (Lipinski definition) is 9. The highest BCUT2D eigenvalue weighted by atomic mass is 35.5. The van der Waals surface area contributed by atoms with Gasteiger partial charge in [0, 0.05) is 59.6 Å². The van der Waals surface area contributed by atoms with Crippen molar-refractivity contribution >= 4 is 23.4 Å². The van der Waals surface area contributed by atoms with Gasteiger partial charge in [0.25, 0.3) is 0 Å². The van der Waals surface area contributed by atoms with Crippen molar-refractivity contribution in [1.82, 2.24) is 38.7 Å². The van der Waals surface area contributed by atoms with Crippen molar-refractivity contribution in [2.24, 2.45) is 0 Å². The van der Waals surface area contributed by atoms with Crippen LogP contribution in [0.1, 0.15) is 46.2 Å². The van der Waals surface area contributed by atoms with Crippen LogP contribution in [0.3, 0.4) is 0 Å². The summed E-state index contributed by atoms with van der Waals surface area (Å²) in [6, 6.07) is 24.5. The van der Waals surface area contributed by atoms with E-state index in [1.807, 2.05) is 58.0 Å². The molecule has 6 heterocycles. The molecule has 2 aliphatic heterocycles. The van der Waals surface area contributed by atoms with E-state index in [-0.39, 0.29) is 17.3 Å². The molecule has 0 unspecified atom stereocenters. The van der Waals surface area contributed by atoms with Gasteiger partial charge in [-0.25, -0.2) is 18.7 Å². The van der Waals surface area contributed by atoms with Gasteiger partial charge in [-0.3, -0.25) is 19.0 Å². The number of rotatable bonds is 9. The number of fused-ring (bicyclic) bond motifs is 6. The molecule has 0 radical (unpaired) electrons. The summed E-state index contributed by atoms with van der Waals surface area (Å²) in [5.41, 5.74) is 2.41. The normalized spacial score (nSPS) is 16.2. The second-order valence-corrected chi connectivity index (χ2v) is 16.1. The van der Waals surface area contributed by atoms with Crippen LogP contribution in [0.4, 0.5) is 8.78 Å². The van der Waals surface area contributed by atoms with Gasteiger partial charge >= 0.3 is 0 Å². The number of nitrogens with zero attached hydrogens (tertiary/aromatic N) is 8. The van der Waals surface area contributed by atoms with E-state index in [0.29, 0.717) is 41.2 Å². The minimum atomic E-state index is -0.648. The molecule has 0 bridgehead atoms. The van der Waals surface area contributed by atoms with Crippen LogP contribution in [-0.4, -0.2) is 50.0 Å². The fourth-order valence-electron chi connectivity index (χ4n) is 8.70. The van der Waals surface area contributed by atoms with Crippen LogP contribution in [-0.2, 0) is 13.1 Å². The molecule has 16 heteroatoms. The predicted octanol–water partition coefficient (Wildman–Crippen LogP) is 8.45. The second kappa shape index (κ2) is 15.3. The summed E-state index contributed by atoms with van der Waals surface area (Å²) in [7, 11) is 0. The Hall–Kier alpha value is -6.84. The van der Waals surface area contributed by atoms with Crippen molar-refractivity contribution < 1.29 is 18.6 Å². The SMILES string of the molecule is CSc1cc(Oc2c3n(ncc2=O)[C@@H]([C@@H](c2ccc(F)cc2)c2ccccc2Cl)Cn2ccnc2-3)cc([C@H](c2ccc(F)cc2)[C@H]2Cn3ccnc3-c3c(O)c(=O)cnn32)c1. The van der Waals surface area contributed by atoms with E-state index in [1.165, 1.54) is 42.2 Å². The largest absolute Gasteiger partial charge is 0.503 e. The van der Waals surface area contributed by atoms with Gasteiger partial charge in [0.15, 0.2) is 17.4 Å². The Kier molecular flexibility index (Phi) is 9.64.